The summed E-state index contributed by atoms with van der Waals surface area (Å²) in [5.41, 5.74) is 1.35. The van der Waals surface area contributed by atoms with Crippen molar-refractivity contribution < 1.29 is 36.5 Å². The fourth-order valence-corrected chi connectivity index (χ4v) is 3.21. The highest BCUT2D eigenvalue weighted by atomic mass is 19.3. The van der Waals surface area contributed by atoms with Crippen molar-refractivity contribution in [2.24, 2.45) is 7.05 Å². The number of ether oxygens (including phenoxy) is 4. The highest BCUT2D eigenvalue weighted by Gasteiger charge is 2.14. The second-order valence-corrected chi connectivity index (χ2v) is 7.48. The third-order valence-electron chi connectivity index (χ3n) is 4.99. The average molecular weight is 550 g/mol. The van der Waals surface area contributed by atoms with Crippen molar-refractivity contribution in [2.75, 3.05) is 14.2 Å². The molecule has 0 amide bonds. The fourth-order valence-electron chi connectivity index (χ4n) is 3.21. The van der Waals surface area contributed by atoms with Crippen molar-refractivity contribution in [1.29, 1.82) is 0 Å². The quantitative estimate of drug-likeness (QED) is 0.326. The van der Waals surface area contributed by atoms with E-state index in [1.165, 1.54) is 69.8 Å². The Labute approximate surface area is 218 Å². The van der Waals surface area contributed by atoms with E-state index in [-0.39, 0.29) is 34.1 Å². The summed E-state index contributed by atoms with van der Waals surface area (Å²) in [5, 5.41) is 10.1. The van der Waals surface area contributed by atoms with Crippen molar-refractivity contribution in [1.82, 2.24) is 20.0 Å². The first kappa shape index (κ1) is 28.7. The van der Waals surface area contributed by atoms with Crippen LogP contribution in [-0.2, 0) is 7.05 Å². The number of aromatic amines is 1. The number of aryl methyl sites for hydroxylation is 1. The molecule has 206 valence electrons. The summed E-state index contributed by atoms with van der Waals surface area (Å²) >= 11 is 0. The van der Waals surface area contributed by atoms with Gasteiger partial charge in [-0.2, -0.15) is 27.8 Å². The van der Waals surface area contributed by atoms with E-state index in [1.54, 1.807) is 12.1 Å². The highest BCUT2D eigenvalue weighted by Crippen LogP contribution is 2.33. The molecule has 2 aromatic heterocycles. The molecule has 0 saturated carbocycles. The number of methoxy groups -OCH3 is 2. The van der Waals surface area contributed by atoms with E-state index < -0.39 is 13.2 Å². The highest BCUT2D eigenvalue weighted by molar-refractivity contribution is 5.64. The first-order valence-corrected chi connectivity index (χ1v) is 11.0. The van der Waals surface area contributed by atoms with Gasteiger partial charge in [0.15, 0.2) is 23.0 Å². The van der Waals surface area contributed by atoms with Crippen LogP contribution in [0, 0.1) is 0 Å². The number of halogens is 4. The van der Waals surface area contributed by atoms with Crippen LogP contribution in [0.5, 0.6) is 23.0 Å². The van der Waals surface area contributed by atoms with E-state index in [2.05, 4.69) is 24.8 Å². The van der Waals surface area contributed by atoms with Gasteiger partial charge in [0, 0.05) is 30.3 Å². The summed E-state index contributed by atoms with van der Waals surface area (Å²) in [6, 6.07) is 14.6. The van der Waals surface area contributed by atoms with Gasteiger partial charge in [0.25, 0.3) is 11.1 Å². The van der Waals surface area contributed by atoms with E-state index in [4.69, 9.17) is 9.47 Å². The van der Waals surface area contributed by atoms with Gasteiger partial charge in [0.2, 0.25) is 0 Å². The first-order chi connectivity index (χ1) is 18.6. The van der Waals surface area contributed by atoms with Crippen molar-refractivity contribution in [3.63, 3.8) is 0 Å². The zero-order valence-electron chi connectivity index (χ0n) is 20.7. The second kappa shape index (κ2) is 13.1. The van der Waals surface area contributed by atoms with Crippen LogP contribution in [0.25, 0.3) is 22.5 Å². The summed E-state index contributed by atoms with van der Waals surface area (Å²) in [7, 11) is 4.22. The molecule has 1 N–H and O–H groups in total. The van der Waals surface area contributed by atoms with E-state index in [1.807, 2.05) is 0 Å². The van der Waals surface area contributed by atoms with E-state index in [9.17, 15) is 27.2 Å². The van der Waals surface area contributed by atoms with Crippen molar-refractivity contribution in [3.05, 3.63) is 81.4 Å². The Morgan fingerprint density at radius 1 is 0.718 bits per heavy atom. The predicted octanol–water partition coefficient (Wildman–Crippen LogP) is 4.10. The van der Waals surface area contributed by atoms with Crippen molar-refractivity contribution >= 4 is 0 Å². The zero-order valence-corrected chi connectivity index (χ0v) is 20.7. The number of nitrogens with zero attached hydrogens (tertiary/aromatic N) is 3. The monoisotopic (exact) mass is 550 g/mol. The minimum atomic E-state index is -2.95. The molecule has 0 aliphatic heterocycles. The standard InChI is InChI=1S/C13H12F2N2O3.C12H10F2N2O3/c1-17-12(18)6-4-9(16-17)8-3-5-10(19-2)11(7-8)20-13(14)15;1-18-9-4-2-7(6-10(9)19-12(13)14)8-3-5-11(17)16-15-8/h3-7,13H,1-2H3;2-6,12H,1H3,(H,16,17). The molecule has 14 heteroatoms. The van der Waals surface area contributed by atoms with Gasteiger partial charge in [-0.05, 0) is 48.5 Å². The summed E-state index contributed by atoms with van der Waals surface area (Å²) < 4.78 is 69.1. The van der Waals surface area contributed by atoms with Gasteiger partial charge in [0.05, 0.1) is 25.6 Å². The van der Waals surface area contributed by atoms with E-state index in [0.717, 1.165) is 4.68 Å². The molecule has 0 bridgehead atoms. The van der Waals surface area contributed by atoms with Gasteiger partial charge < -0.3 is 18.9 Å². The lowest BCUT2D eigenvalue weighted by Crippen LogP contribution is -2.18. The number of H-pyrrole nitrogens is 1. The molecule has 0 aliphatic rings. The number of benzene rings is 2. The van der Waals surface area contributed by atoms with Crippen LogP contribution in [0.4, 0.5) is 17.6 Å². The molecule has 10 nitrogen and oxygen atoms in total. The summed E-state index contributed by atoms with van der Waals surface area (Å²) in [6.07, 6.45) is 0. The Bertz CT molecular complexity index is 1510. The van der Waals surface area contributed by atoms with Crippen molar-refractivity contribution in [2.45, 2.75) is 13.2 Å². The van der Waals surface area contributed by atoms with Crippen LogP contribution >= 0.6 is 0 Å². The lowest BCUT2D eigenvalue weighted by molar-refractivity contribution is -0.0518. The van der Waals surface area contributed by atoms with Gasteiger partial charge in [0.1, 0.15) is 0 Å². The van der Waals surface area contributed by atoms with Crippen LogP contribution < -0.4 is 30.1 Å². The Morgan fingerprint density at radius 2 is 1.23 bits per heavy atom. The molecule has 2 aromatic carbocycles. The SMILES string of the molecule is COc1ccc(-c2ccc(=O)[nH]n2)cc1OC(F)F.COc1ccc(-c2ccc(=O)n(C)n2)cc1OC(F)F. The third kappa shape index (κ3) is 7.80. The van der Waals surface area contributed by atoms with Gasteiger partial charge in [-0.25, -0.2) is 9.78 Å². The lowest BCUT2D eigenvalue weighted by Gasteiger charge is -2.11. The van der Waals surface area contributed by atoms with Crippen LogP contribution in [0.2, 0.25) is 0 Å². The smallest absolute Gasteiger partial charge is 0.387 e. The Balaban J connectivity index is 0.000000216. The first-order valence-electron chi connectivity index (χ1n) is 11.0. The molecule has 4 rings (SSSR count). The van der Waals surface area contributed by atoms with Gasteiger partial charge in [-0.15, -0.1) is 0 Å². The molecule has 0 unspecified atom stereocenters. The Hall–Kier alpha value is -4.88. The number of nitrogens with one attached hydrogen (secondary N) is 1. The fraction of sp³-hybridized carbons (Fsp3) is 0.200. The van der Waals surface area contributed by atoms with Crippen LogP contribution in [0.15, 0.2) is 70.3 Å². The third-order valence-corrected chi connectivity index (χ3v) is 4.99. The van der Waals surface area contributed by atoms with E-state index >= 15 is 0 Å². The largest absolute Gasteiger partial charge is 0.493 e. The van der Waals surface area contributed by atoms with E-state index in [0.29, 0.717) is 22.5 Å². The molecule has 0 spiro atoms. The van der Waals surface area contributed by atoms with Crippen molar-refractivity contribution in [3.8, 4) is 45.5 Å². The molecular weight excluding hydrogens is 528 g/mol. The molecule has 0 aliphatic carbocycles. The normalized spacial score (nSPS) is 10.6. The number of hydrogen-bond donors (Lipinski definition) is 1. The summed E-state index contributed by atoms with van der Waals surface area (Å²) in [5.74, 6) is 0.200. The Morgan fingerprint density at radius 3 is 1.67 bits per heavy atom. The average Bonchev–Trinajstić information content (AvgIpc) is 2.90. The van der Waals surface area contributed by atoms with Gasteiger partial charge in [-0.3, -0.25) is 9.59 Å². The van der Waals surface area contributed by atoms with Crippen LogP contribution in [-0.4, -0.2) is 47.4 Å². The molecule has 4 aromatic rings. The maximum atomic E-state index is 12.3. The van der Waals surface area contributed by atoms with Gasteiger partial charge in [-0.1, -0.05) is 0 Å². The van der Waals surface area contributed by atoms with Crippen LogP contribution in [0.1, 0.15) is 0 Å². The zero-order chi connectivity index (χ0) is 28.5. The number of aromatic nitrogens is 4. The van der Waals surface area contributed by atoms with Crippen LogP contribution in [0.3, 0.4) is 0 Å². The molecule has 39 heavy (non-hydrogen) atoms. The molecule has 0 saturated heterocycles. The molecule has 0 radical (unpaired) electrons. The molecule has 2 heterocycles. The van der Waals surface area contributed by atoms with Gasteiger partial charge >= 0.3 is 13.2 Å². The molecular formula is C25H22F4N4O6. The lowest BCUT2D eigenvalue weighted by atomic mass is 10.1. The maximum absolute atomic E-state index is 12.3. The number of rotatable bonds is 8. The second-order valence-electron chi connectivity index (χ2n) is 7.48. The molecule has 0 fully saturated rings. The predicted molar refractivity (Wildman–Crippen MR) is 132 cm³/mol. The minimum Gasteiger partial charge on any atom is -0.493 e. The minimum absolute atomic E-state index is 0.0874. The number of hydrogen-bond acceptors (Lipinski definition) is 8. The summed E-state index contributed by atoms with van der Waals surface area (Å²) in [6.45, 7) is -5.90. The Kier molecular flexibility index (Phi) is 9.62. The number of alkyl halides is 4. The topological polar surface area (TPSA) is 118 Å². The maximum Gasteiger partial charge on any atom is 0.387 e. The summed E-state index contributed by atoms with van der Waals surface area (Å²) in [4.78, 5) is 22.2. The molecule has 0 atom stereocenters.